The summed E-state index contributed by atoms with van der Waals surface area (Å²) in [5.41, 5.74) is 3.45. The summed E-state index contributed by atoms with van der Waals surface area (Å²) in [5.74, 6) is 1.21. The Morgan fingerprint density at radius 1 is 1.06 bits per heavy atom. The fourth-order valence-electron chi connectivity index (χ4n) is 3.59. The molecule has 1 amide bonds. The molecule has 1 aliphatic rings. The highest BCUT2D eigenvalue weighted by Gasteiger charge is 2.17. The molecule has 0 fully saturated rings. The van der Waals surface area contributed by atoms with Crippen molar-refractivity contribution in [3.63, 3.8) is 0 Å². The fourth-order valence-corrected chi connectivity index (χ4v) is 3.59. The number of rotatable bonds is 3. The second-order valence-electron chi connectivity index (χ2n) is 7.47. The molecule has 0 spiro atoms. The quantitative estimate of drug-likeness (QED) is 0.427. The number of carbonyl (C=O) groups excluding carboxylic acids is 1. The number of nitrogens with zero attached hydrogens (tertiary/aromatic N) is 7. The van der Waals surface area contributed by atoms with E-state index in [2.05, 4.69) is 30.7 Å². The van der Waals surface area contributed by atoms with Gasteiger partial charge in [0.25, 0.3) is 17.2 Å². The fraction of sp³-hybridized carbons (Fsp3) is 0.136. The first-order valence-electron chi connectivity index (χ1n) is 10.4. The number of pyridine rings is 2. The minimum absolute atomic E-state index is 0.0246. The van der Waals surface area contributed by atoms with Crippen molar-refractivity contribution in [3.8, 4) is 22.9 Å². The van der Waals surface area contributed by atoms with E-state index < -0.39 is 11.5 Å². The van der Waals surface area contributed by atoms with Crippen LogP contribution in [0.5, 0.6) is 11.5 Å². The Kier molecular flexibility index (Phi) is 4.61. The van der Waals surface area contributed by atoms with Gasteiger partial charge < -0.3 is 9.47 Å². The number of carbonyl (C=O) groups is 1. The highest BCUT2D eigenvalue weighted by molar-refractivity contribution is 6.00. The van der Waals surface area contributed by atoms with Crippen LogP contribution in [0.2, 0.25) is 0 Å². The molecule has 1 N–H and O–H groups in total. The van der Waals surface area contributed by atoms with Gasteiger partial charge in [0.15, 0.2) is 22.8 Å². The zero-order valence-corrected chi connectivity index (χ0v) is 17.6. The van der Waals surface area contributed by atoms with E-state index in [1.54, 1.807) is 42.7 Å². The number of amides is 1. The van der Waals surface area contributed by atoms with E-state index in [0.29, 0.717) is 47.2 Å². The predicted octanol–water partition coefficient (Wildman–Crippen LogP) is 1.44. The van der Waals surface area contributed by atoms with Crippen molar-refractivity contribution in [2.75, 3.05) is 18.6 Å². The molecule has 0 bridgehead atoms. The Balaban J connectivity index is 1.34. The van der Waals surface area contributed by atoms with E-state index >= 15 is 0 Å². The van der Waals surface area contributed by atoms with Crippen molar-refractivity contribution in [2.45, 2.75) is 6.42 Å². The maximum absolute atomic E-state index is 13.0. The molecular weight excluding hydrogens is 440 g/mol. The third-order valence-corrected chi connectivity index (χ3v) is 5.25. The lowest BCUT2D eigenvalue weighted by molar-refractivity contribution is 0.101. The molecule has 168 valence electrons. The van der Waals surface area contributed by atoms with Crippen molar-refractivity contribution in [1.29, 1.82) is 0 Å². The highest BCUT2D eigenvalue weighted by Crippen LogP contribution is 2.30. The van der Waals surface area contributed by atoms with Crippen molar-refractivity contribution in [3.05, 3.63) is 70.9 Å². The van der Waals surface area contributed by atoms with Gasteiger partial charge in [-0.3, -0.25) is 20.0 Å². The summed E-state index contributed by atoms with van der Waals surface area (Å²) in [6, 6.07) is 10.1. The first-order valence-corrected chi connectivity index (χ1v) is 10.4. The van der Waals surface area contributed by atoms with Gasteiger partial charge in [-0.2, -0.15) is 9.50 Å². The van der Waals surface area contributed by atoms with Gasteiger partial charge >= 0.3 is 0 Å². The number of hydrogen-bond donors (Lipinski definition) is 1. The third kappa shape index (κ3) is 3.37. The van der Waals surface area contributed by atoms with Crippen LogP contribution in [-0.2, 0) is 0 Å². The van der Waals surface area contributed by atoms with Crippen LogP contribution in [0.15, 0.2) is 59.8 Å². The van der Waals surface area contributed by atoms with Gasteiger partial charge in [0.05, 0.1) is 13.2 Å². The van der Waals surface area contributed by atoms with E-state index in [9.17, 15) is 9.59 Å². The van der Waals surface area contributed by atoms with Crippen molar-refractivity contribution < 1.29 is 14.3 Å². The van der Waals surface area contributed by atoms with Gasteiger partial charge in [0.2, 0.25) is 0 Å². The molecule has 6 rings (SSSR count). The Hall–Kier alpha value is -4.87. The molecule has 12 heteroatoms. The summed E-state index contributed by atoms with van der Waals surface area (Å²) in [4.78, 5) is 34.3. The molecule has 0 aliphatic carbocycles. The molecule has 0 saturated heterocycles. The molecule has 5 heterocycles. The zero-order chi connectivity index (χ0) is 23.1. The van der Waals surface area contributed by atoms with E-state index in [1.807, 2.05) is 6.07 Å². The second-order valence-corrected chi connectivity index (χ2v) is 7.47. The summed E-state index contributed by atoms with van der Waals surface area (Å²) in [6.45, 7) is 1.05. The maximum Gasteiger partial charge on any atom is 0.299 e. The smallest absolute Gasteiger partial charge is 0.299 e. The van der Waals surface area contributed by atoms with Gasteiger partial charge in [0.1, 0.15) is 5.52 Å². The number of benzene rings is 1. The van der Waals surface area contributed by atoms with Gasteiger partial charge in [0, 0.05) is 36.1 Å². The highest BCUT2D eigenvalue weighted by atomic mass is 16.5. The lowest BCUT2D eigenvalue weighted by Gasteiger charge is -2.11. The number of fused-ring (bicyclic) bond motifs is 4. The monoisotopic (exact) mass is 456 g/mol. The van der Waals surface area contributed by atoms with Crippen LogP contribution in [0.1, 0.15) is 16.8 Å². The Labute approximate surface area is 190 Å². The molecule has 0 saturated carbocycles. The topological polar surface area (TPSA) is 138 Å². The minimum Gasteiger partial charge on any atom is -0.490 e. The molecule has 5 aromatic rings. The zero-order valence-electron chi connectivity index (χ0n) is 17.6. The Morgan fingerprint density at radius 3 is 2.79 bits per heavy atom. The Bertz CT molecular complexity index is 1610. The molecule has 0 radical (unpaired) electrons. The van der Waals surface area contributed by atoms with Crippen molar-refractivity contribution in [1.82, 2.24) is 34.5 Å². The first-order chi connectivity index (χ1) is 16.7. The van der Waals surface area contributed by atoms with Gasteiger partial charge in [-0.1, -0.05) is 0 Å². The van der Waals surface area contributed by atoms with Crippen LogP contribution in [-0.4, -0.2) is 53.6 Å². The van der Waals surface area contributed by atoms with E-state index in [4.69, 9.17) is 9.47 Å². The van der Waals surface area contributed by atoms with Crippen LogP contribution < -0.4 is 20.5 Å². The number of aromatic nitrogens is 7. The molecule has 0 atom stereocenters. The van der Waals surface area contributed by atoms with Crippen LogP contribution in [0.3, 0.4) is 0 Å². The van der Waals surface area contributed by atoms with E-state index in [-0.39, 0.29) is 11.3 Å². The summed E-state index contributed by atoms with van der Waals surface area (Å²) in [5, 5.41) is 12.5. The SMILES string of the molecule is O=C(Nn1ccc2c(nnc3nc(-c4cccnc4)nn32)c1=O)c1ccc2c(c1)OCCCO2. The van der Waals surface area contributed by atoms with Gasteiger partial charge in [-0.25, -0.2) is 4.68 Å². The number of nitrogens with one attached hydrogen (secondary N) is 1. The van der Waals surface area contributed by atoms with Gasteiger partial charge in [-0.05, 0) is 36.4 Å². The average Bonchev–Trinajstić information content (AvgIpc) is 3.17. The molecular formula is C22H16N8O4. The maximum atomic E-state index is 13.0. The molecule has 1 aromatic carbocycles. The predicted molar refractivity (Wildman–Crippen MR) is 119 cm³/mol. The van der Waals surface area contributed by atoms with Crippen LogP contribution in [0, 0.1) is 0 Å². The van der Waals surface area contributed by atoms with Crippen LogP contribution >= 0.6 is 0 Å². The number of ether oxygens (including phenoxy) is 2. The molecule has 34 heavy (non-hydrogen) atoms. The summed E-state index contributed by atoms with van der Waals surface area (Å²) < 4.78 is 13.7. The normalized spacial score (nSPS) is 13.1. The van der Waals surface area contributed by atoms with Gasteiger partial charge in [-0.15, -0.1) is 15.3 Å². The molecule has 1 aliphatic heterocycles. The number of hydrogen-bond acceptors (Lipinski definition) is 9. The summed E-state index contributed by atoms with van der Waals surface area (Å²) in [6.07, 6.45) is 5.47. The minimum atomic E-state index is -0.562. The van der Waals surface area contributed by atoms with E-state index in [1.165, 1.54) is 10.7 Å². The average molecular weight is 456 g/mol. The molecule has 4 aromatic heterocycles. The van der Waals surface area contributed by atoms with Crippen LogP contribution in [0.4, 0.5) is 0 Å². The standard InChI is InChI=1S/C22H16N8O4/c31-20(13-4-5-16-17(11-13)34-10-2-9-33-16)28-29-8-6-15-18(21(29)32)25-26-22-24-19(27-30(15)22)14-3-1-7-23-12-14/h1,3-8,11-12H,2,9-10H2,(H,28,31). The lowest BCUT2D eigenvalue weighted by atomic mass is 10.2. The largest absolute Gasteiger partial charge is 0.490 e. The molecule has 0 unspecified atom stereocenters. The van der Waals surface area contributed by atoms with E-state index in [0.717, 1.165) is 11.1 Å². The first kappa shape index (κ1) is 19.8. The molecule has 12 nitrogen and oxygen atoms in total. The van der Waals surface area contributed by atoms with Crippen molar-refractivity contribution in [2.24, 2.45) is 0 Å². The Morgan fingerprint density at radius 2 is 1.94 bits per heavy atom. The van der Waals surface area contributed by atoms with Crippen LogP contribution in [0.25, 0.3) is 28.2 Å². The van der Waals surface area contributed by atoms with Crippen molar-refractivity contribution >= 4 is 22.7 Å². The summed E-state index contributed by atoms with van der Waals surface area (Å²) in [7, 11) is 0. The third-order valence-electron chi connectivity index (χ3n) is 5.25. The second kappa shape index (κ2) is 7.92. The summed E-state index contributed by atoms with van der Waals surface area (Å²) >= 11 is 0. The lowest BCUT2D eigenvalue weighted by Crippen LogP contribution is -2.33.